The summed E-state index contributed by atoms with van der Waals surface area (Å²) >= 11 is 0. The maximum atomic E-state index is 12.3. The maximum absolute atomic E-state index is 12.3. The summed E-state index contributed by atoms with van der Waals surface area (Å²) in [7, 11) is 3.17. The quantitative estimate of drug-likeness (QED) is 0.563. The van der Waals surface area contributed by atoms with Gasteiger partial charge in [0.1, 0.15) is 5.75 Å². The smallest absolute Gasteiger partial charge is 0.344 e. The fourth-order valence-electron chi connectivity index (χ4n) is 2.25. The van der Waals surface area contributed by atoms with Gasteiger partial charge in [-0.15, -0.1) is 0 Å². The van der Waals surface area contributed by atoms with E-state index in [1.54, 1.807) is 62.6 Å². The lowest BCUT2D eigenvalue weighted by Gasteiger charge is -2.17. The Kier molecular flexibility index (Phi) is 6.49. The van der Waals surface area contributed by atoms with Crippen molar-refractivity contribution in [1.29, 1.82) is 0 Å². The molecule has 0 unspecified atom stereocenters. The molecule has 6 heteroatoms. The highest BCUT2D eigenvalue weighted by atomic mass is 16.6. The minimum atomic E-state index is -0.869. The van der Waals surface area contributed by atoms with Gasteiger partial charge in [-0.25, -0.2) is 4.79 Å². The summed E-state index contributed by atoms with van der Waals surface area (Å²) in [4.78, 5) is 37.1. The fourth-order valence-corrected chi connectivity index (χ4v) is 2.25. The van der Waals surface area contributed by atoms with Crippen LogP contribution in [0.25, 0.3) is 0 Å². The molecule has 0 aromatic heterocycles. The molecule has 0 bridgehead atoms. The fraction of sp³-hybridized carbons (Fsp3) is 0.250. The van der Waals surface area contributed by atoms with E-state index in [4.69, 9.17) is 9.47 Å². The standard InChI is InChI=1S/C20H21NO5/c1-14(20(24)21(2)3)26-18(22)13-25-17-11-9-16(10-12-17)19(23)15-7-5-4-6-8-15/h4-12,14H,13H2,1-3H3/t14-/m1/s1. The minimum Gasteiger partial charge on any atom is -0.482 e. The lowest BCUT2D eigenvalue weighted by molar-refractivity contribution is -0.159. The molecule has 6 nitrogen and oxygen atoms in total. The van der Waals surface area contributed by atoms with Gasteiger partial charge in [-0.2, -0.15) is 0 Å². The third kappa shape index (κ3) is 5.17. The van der Waals surface area contributed by atoms with Gasteiger partial charge >= 0.3 is 5.97 Å². The van der Waals surface area contributed by atoms with Gasteiger partial charge in [-0.1, -0.05) is 30.3 Å². The van der Waals surface area contributed by atoms with Crippen molar-refractivity contribution in [3.05, 3.63) is 65.7 Å². The number of ether oxygens (including phenoxy) is 2. The van der Waals surface area contributed by atoms with E-state index in [1.165, 1.54) is 11.8 Å². The van der Waals surface area contributed by atoms with Crippen molar-refractivity contribution in [3.63, 3.8) is 0 Å². The second-order valence-corrected chi connectivity index (χ2v) is 5.87. The van der Waals surface area contributed by atoms with Crippen LogP contribution in [0.5, 0.6) is 5.75 Å². The number of nitrogens with zero attached hydrogens (tertiary/aromatic N) is 1. The Hall–Kier alpha value is -3.15. The summed E-state index contributed by atoms with van der Waals surface area (Å²) in [6, 6.07) is 15.4. The van der Waals surface area contributed by atoms with E-state index in [2.05, 4.69) is 0 Å². The topological polar surface area (TPSA) is 72.9 Å². The molecule has 0 aliphatic carbocycles. The van der Waals surface area contributed by atoms with Crippen molar-refractivity contribution in [2.75, 3.05) is 20.7 Å². The Balaban J connectivity index is 1.88. The SMILES string of the molecule is C[C@@H](OC(=O)COc1ccc(C(=O)c2ccccc2)cc1)C(=O)N(C)C. The van der Waals surface area contributed by atoms with E-state index in [1.807, 2.05) is 6.07 Å². The van der Waals surface area contributed by atoms with E-state index >= 15 is 0 Å². The van der Waals surface area contributed by atoms with E-state index in [-0.39, 0.29) is 18.3 Å². The van der Waals surface area contributed by atoms with Gasteiger partial charge in [0, 0.05) is 25.2 Å². The molecule has 0 N–H and O–H groups in total. The monoisotopic (exact) mass is 355 g/mol. The number of hydrogen-bond acceptors (Lipinski definition) is 5. The molecule has 0 aliphatic rings. The molecule has 2 rings (SSSR count). The summed E-state index contributed by atoms with van der Waals surface area (Å²) in [6.07, 6.45) is -0.869. The summed E-state index contributed by atoms with van der Waals surface area (Å²) in [5, 5.41) is 0. The third-order valence-corrected chi connectivity index (χ3v) is 3.61. The number of esters is 1. The number of carbonyl (C=O) groups excluding carboxylic acids is 3. The van der Waals surface area contributed by atoms with Crippen molar-refractivity contribution in [2.24, 2.45) is 0 Å². The molecular weight excluding hydrogens is 334 g/mol. The van der Waals surface area contributed by atoms with E-state index < -0.39 is 12.1 Å². The minimum absolute atomic E-state index is 0.0902. The Morgan fingerprint density at radius 2 is 1.50 bits per heavy atom. The van der Waals surface area contributed by atoms with E-state index in [9.17, 15) is 14.4 Å². The second-order valence-electron chi connectivity index (χ2n) is 5.87. The number of ketones is 1. The molecule has 1 amide bonds. The first kappa shape index (κ1) is 19.2. The molecule has 0 aliphatic heterocycles. The highest BCUT2D eigenvalue weighted by molar-refractivity contribution is 6.08. The van der Waals surface area contributed by atoms with Crippen molar-refractivity contribution < 1.29 is 23.9 Å². The highest BCUT2D eigenvalue weighted by Crippen LogP contribution is 2.15. The van der Waals surface area contributed by atoms with Gasteiger partial charge in [0.2, 0.25) is 0 Å². The van der Waals surface area contributed by atoms with Gasteiger partial charge < -0.3 is 14.4 Å². The Bertz CT molecular complexity index is 769. The molecule has 26 heavy (non-hydrogen) atoms. The predicted molar refractivity (Wildman–Crippen MR) is 96.1 cm³/mol. The first-order chi connectivity index (χ1) is 12.4. The summed E-state index contributed by atoms with van der Waals surface area (Å²) in [6.45, 7) is 1.18. The Labute approximate surface area is 152 Å². The average molecular weight is 355 g/mol. The van der Waals surface area contributed by atoms with Crippen molar-refractivity contribution in [1.82, 2.24) is 4.90 Å². The van der Waals surface area contributed by atoms with Crippen LogP contribution in [0.1, 0.15) is 22.8 Å². The van der Waals surface area contributed by atoms with Gasteiger partial charge in [0.05, 0.1) is 0 Å². The zero-order chi connectivity index (χ0) is 19.1. The van der Waals surface area contributed by atoms with E-state index in [0.717, 1.165) is 0 Å². The van der Waals surface area contributed by atoms with Gasteiger partial charge in [-0.3, -0.25) is 9.59 Å². The molecule has 0 saturated carbocycles. The number of amides is 1. The Morgan fingerprint density at radius 1 is 0.923 bits per heavy atom. The van der Waals surface area contributed by atoms with Crippen molar-refractivity contribution in [2.45, 2.75) is 13.0 Å². The van der Waals surface area contributed by atoms with Gasteiger partial charge in [0.25, 0.3) is 5.91 Å². The van der Waals surface area contributed by atoms with Crippen LogP contribution in [0, 0.1) is 0 Å². The maximum Gasteiger partial charge on any atom is 0.344 e. The number of carbonyl (C=O) groups is 3. The van der Waals surface area contributed by atoms with Crippen LogP contribution in [0.3, 0.4) is 0 Å². The zero-order valence-electron chi connectivity index (χ0n) is 15.0. The highest BCUT2D eigenvalue weighted by Gasteiger charge is 2.19. The summed E-state index contributed by atoms with van der Waals surface area (Å²) in [5.74, 6) is -0.606. The summed E-state index contributed by atoms with van der Waals surface area (Å²) < 4.78 is 10.3. The Morgan fingerprint density at radius 3 is 2.08 bits per heavy atom. The van der Waals surface area contributed by atoms with Crippen LogP contribution in [0.2, 0.25) is 0 Å². The lowest BCUT2D eigenvalue weighted by Crippen LogP contribution is -2.35. The van der Waals surface area contributed by atoms with Crippen LogP contribution < -0.4 is 4.74 Å². The molecular formula is C20H21NO5. The number of likely N-dealkylation sites (N-methyl/N-ethyl adjacent to an activating group) is 1. The lowest BCUT2D eigenvalue weighted by atomic mass is 10.0. The normalized spacial score (nSPS) is 11.3. The molecule has 1 atom stereocenters. The zero-order valence-corrected chi connectivity index (χ0v) is 15.0. The average Bonchev–Trinajstić information content (AvgIpc) is 2.66. The molecule has 0 spiro atoms. The van der Waals surface area contributed by atoms with Crippen LogP contribution in [0.15, 0.2) is 54.6 Å². The molecule has 0 radical (unpaired) electrons. The number of hydrogen-bond donors (Lipinski definition) is 0. The first-order valence-corrected chi connectivity index (χ1v) is 8.11. The first-order valence-electron chi connectivity index (χ1n) is 8.11. The summed E-state index contributed by atoms with van der Waals surface area (Å²) in [5.41, 5.74) is 1.13. The molecule has 2 aromatic rings. The van der Waals surface area contributed by atoms with Crippen LogP contribution in [-0.2, 0) is 14.3 Å². The van der Waals surface area contributed by atoms with Crippen molar-refractivity contribution >= 4 is 17.7 Å². The number of rotatable bonds is 7. The van der Waals surface area contributed by atoms with Crippen LogP contribution in [0.4, 0.5) is 0 Å². The molecule has 0 fully saturated rings. The molecule has 2 aromatic carbocycles. The van der Waals surface area contributed by atoms with Gasteiger partial charge in [0.15, 0.2) is 18.5 Å². The molecule has 0 saturated heterocycles. The van der Waals surface area contributed by atoms with E-state index in [0.29, 0.717) is 16.9 Å². The van der Waals surface area contributed by atoms with Crippen molar-refractivity contribution in [3.8, 4) is 5.75 Å². The molecule has 136 valence electrons. The third-order valence-electron chi connectivity index (χ3n) is 3.61. The van der Waals surface area contributed by atoms with Gasteiger partial charge in [-0.05, 0) is 31.2 Å². The number of benzene rings is 2. The predicted octanol–water partition coefficient (Wildman–Crippen LogP) is 2.32. The second kappa shape index (κ2) is 8.80. The molecule has 0 heterocycles. The largest absolute Gasteiger partial charge is 0.482 e. The van der Waals surface area contributed by atoms with Crippen LogP contribution in [-0.4, -0.2) is 49.4 Å². The van der Waals surface area contributed by atoms with Crippen LogP contribution >= 0.6 is 0 Å².